The van der Waals surface area contributed by atoms with Crippen molar-refractivity contribution in [3.8, 4) is 5.75 Å². The lowest BCUT2D eigenvalue weighted by atomic mass is 9.72. The highest BCUT2D eigenvalue weighted by Crippen LogP contribution is 2.36. The molecule has 0 bridgehead atoms. The maximum Gasteiger partial charge on any atom is 0.346 e. The lowest BCUT2D eigenvalue weighted by molar-refractivity contribution is -0.147. The van der Waals surface area contributed by atoms with E-state index in [9.17, 15) is 4.79 Å². The Balaban J connectivity index is 2.80. The van der Waals surface area contributed by atoms with Crippen molar-refractivity contribution in [1.29, 1.82) is 0 Å². The predicted octanol–water partition coefficient (Wildman–Crippen LogP) is 4.34. The van der Waals surface area contributed by atoms with Gasteiger partial charge in [-0.1, -0.05) is 46.8 Å². The number of ether oxygens (including phenoxy) is 2. The molecule has 0 aliphatic heterocycles. The van der Waals surface area contributed by atoms with Crippen LogP contribution in [-0.2, 0) is 14.9 Å². The van der Waals surface area contributed by atoms with E-state index in [1.54, 1.807) is 6.92 Å². The molecule has 118 valence electrons. The molecule has 0 aliphatic rings. The Morgan fingerprint density at radius 3 is 2.05 bits per heavy atom. The molecule has 3 heteroatoms. The quantitative estimate of drug-likeness (QED) is 0.757. The van der Waals surface area contributed by atoms with E-state index in [4.69, 9.17) is 4.74 Å². The van der Waals surface area contributed by atoms with Gasteiger partial charge in [-0.2, -0.15) is 0 Å². The standard InChI is InChI=1S/C18H28O3/c1-13(16(19)20-7)21-15-10-8-14(9-11-15)18(5,6)12-17(2,3)4/h8-11,13H,12H2,1-7H3/t13-/m1/s1. The molecule has 0 N–H and O–H groups in total. The van der Waals surface area contributed by atoms with Gasteiger partial charge in [-0.05, 0) is 41.9 Å². The van der Waals surface area contributed by atoms with Gasteiger partial charge in [0.1, 0.15) is 5.75 Å². The maximum absolute atomic E-state index is 11.4. The lowest BCUT2D eigenvalue weighted by Crippen LogP contribution is -2.26. The summed E-state index contributed by atoms with van der Waals surface area (Å²) in [4.78, 5) is 11.4. The van der Waals surface area contributed by atoms with Crippen LogP contribution in [0, 0.1) is 5.41 Å². The first-order chi connectivity index (χ1) is 9.55. The number of esters is 1. The van der Waals surface area contributed by atoms with Crippen molar-refractivity contribution in [2.24, 2.45) is 5.41 Å². The summed E-state index contributed by atoms with van der Waals surface area (Å²) in [6.45, 7) is 13.0. The van der Waals surface area contributed by atoms with E-state index in [0.717, 1.165) is 6.42 Å². The molecular formula is C18H28O3. The third-order valence-electron chi connectivity index (χ3n) is 3.45. The van der Waals surface area contributed by atoms with Gasteiger partial charge in [0.05, 0.1) is 7.11 Å². The number of hydrogen-bond acceptors (Lipinski definition) is 3. The Bertz CT molecular complexity index is 466. The van der Waals surface area contributed by atoms with E-state index in [1.807, 2.05) is 12.1 Å². The third-order valence-corrected chi connectivity index (χ3v) is 3.45. The lowest BCUT2D eigenvalue weighted by Gasteiger charge is -2.33. The summed E-state index contributed by atoms with van der Waals surface area (Å²) in [7, 11) is 1.36. The zero-order valence-corrected chi connectivity index (χ0v) is 14.3. The van der Waals surface area contributed by atoms with Crippen LogP contribution in [0.1, 0.15) is 53.5 Å². The summed E-state index contributed by atoms with van der Waals surface area (Å²) in [6.07, 6.45) is 0.502. The highest BCUT2D eigenvalue weighted by atomic mass is 16.6. The summed E-state index contributed by atoms with van der Waals surface area (Å²) < 4.78 is 10.2. The molecule has 0 amide bonds. The molecule has 0 aromatic heterocycles. The highest BCUT2D eigenvalue weighted by Gasteiger charge is 2.27. The van der Waals surface area contributed by atoms with Gasteiger partial charge < -0.3 is 9.47 Å². The van der Waals surface area contributed by atoms with Crippen LogP contribution in [0.3, 0.4) is 0 Å². The van der Waals surface area contributed by atoms with Crippen LogP contribution >= 0.6 is 0 Å². The van der Waals surface area contributed by atoms with Gasteiger partial charge in [-0.25, -0.2) is 4.79 Å². The molecule has 0 radical (unpaired) electrons. The van der Waals surface area contributed by atoms with Gasteiger partial charge in [0.15, 0.2) is 6.10 Å². The number of benzene rings is 1. The number of carbonyl (C=O) groups is 1. The Labute approximate surface area is 128 Å². The van der Waals surface area contributed by atoms with Crippen molar-refractivity contribution in [1.82, 2.24) is 0 Å². The Morgan fingerprint density at radius 1 is 1.10 bits per heavy atom. The van der Waals surface area contributed by atoms with Crippen molar-refractivity contribution in [2.45, 2.75) is 59.5 Å². The zero-order valence-electron chi connectivity index (χ0n) is 14.3. The highest BCUT2D eigenvalue weighted by molar-refractivity contribution is 5.74. The molecule has 0 unspecified atom stereocenters. The average Bonchev–Trinajstić information content (AvgIpc) is 2.35. The average molecular weight is 292 g/mol. The summed E-state index contributed by atoms with van der Waals surface area (Å²) in [5.74, 6) is 0.315. The Kier molecular flexibility index (Phi) is 5.43. The summed E-state index contributed by atoms with van der Waals surface area (Å²) in [6, 6.07) is 7.98. The summed E-state index contributed by atoms with van der Waals surface area (Å²) in [5.41, 5.74) is 1.65. The molecule has 21 heavy (non-hydrogen) atoms. The van der Waals surface area contributed by atoms with E-state index in [0.29, 0.717) is 5.75 Å². The molecule has 0 saturated carbocycles. The number of rotatable bonds is 5. The second kappa shape index (κ2) is 6.50. The molecule has 0 heterocycles. The van der Waals surface area contributed by atoms with E-state index >= 15 is 0 Å². The molecule has 1 atom stereocenters. The third kappa shape index (κ3) is 5.41. The minimum absolute atomic E-state index is 0.102. The van der Waals surface area contributed by atoms with Gasteiger partial charge in [0.25, 0.3) is 0 Å². The summed E-state index contributed by atoms with van der Waals surface area (Å²) >= 11 is 0. The van der Waals surface area contributed by atoms with Crippen molar-refractivity contribution in [2.75, 3.05) is 7.11 Å². The monoisotopic (exact) mass is 292 g/mol. The minimum Gasteiger partial charge on any atom is -0.479 e. The Hall–Kier alpha value is -1.51. The van der Waals surface area contributed by atoms with Crippen LogP contribution in [0.15, 0.2) is 24.3 Å². The van der Waals surface area contributed by atoms with Crippen molar-refractivity contribution in [3.05, 3.63) is 29.8 Å². The SMILES string of the molecule is COC(=O)[C@@H](C)Oc1ccc(C(C)(C)CC(C)(C)C)cc1. The van der Waals surface area contributed by atoms with E-state index in [1.165, 1.54) is 12.7 Å². The van der Waals surface area contributed by atoms with Crippen molar-refractivity contribution >= 4 is 5.97 Å². The fourth-order valence-corrected chi connectivity index (χ4v) is 2.83. The van der Waals surface area contributed by atoms with Crippen LogP contribution in [0.4, 0.5) is 0 Å². The first kappa shape index (κ1) is 17.5. The number of methoxy groups -OCH3 is 1. The molecule has 1 rings (SSSR count). The van der Waals surface area contributed by atoms with Gasteiger partial charge >= 0.3 is 5.97 Å². The molecule has 0 fully saturated rings. The topological polar surface area (TPSA) is 35.5 Å². The zero-order chi connectivity index (χ0) is 16.3. The van der Waals surface area contributed by atoms with Crippen LogP contribution in [0.2, 0.25) is 0 Å². The van der Waals surface area contributed by atoms with Crippen LogP contribution in [0.25, 0.3) is 0 Å². The molecule has 0 spiro atoms. The second-order valence-electron chi connectivity index (χ2n) is 7.43. The van der Waals surface area contributed by atoms with E-state index in [-0.39, 0.29) is 16.8 Å². The molecule has 0 saturated heterocycles. The molecule has 1 aromatic carbocycles. The van der Waals surface area contributed by atoms with Crippen LogP contribution in [-0.4, -0.2) is 19.2 Å². The Morgan fingerprint density at radius 2 is 1.62 bits per heavy atom. The van der Waals surface area contributed by atoms with Gasteiger partial charge in [0.2, 0.25) is 0 Å². The predicted molar refractivity (Wildman–Crippen MR) is 85.6 cm³/mol. The van der Waals surface area contributed by atoms with Crippen LogP contribution < -0.4 is 4.74 Å². The van der Waals surface area contributed by atoms with Crippen molar-refractivity contribution < 1.29 is 14.3 Å². The molecular weight excluding hydrogens is 264 g/mol. The fourth-order valence-electron chi connectivity index (χ4n) is 2.83. The van der Waals surface area contributed by atoms with E-state index in [2.05, 4.69) is 51.5 Å². The molecule has 0 aliphatic carbocycles. The molecule has 1 aromatic rings. The fraction of sp³-hybridized carbons (Fsp3) is 0.611. The van der Waals surface area contributed by atoms with Crippen molar-refractivity contribution in [3.63, 3.8) is 0 Å². The normalized spacial score (nSPS) is 13.7. The van der Waals surface area contributed by atoms with Gasteiger partial charge in [-0.15, -0.1) is 0 Å². The first-order valence-corrected chi connectivity index (χ1v) is 7.40. The minimum atomic E-state index is -0.594. The first-order valence-electron chi connectivity index (χ1n) is 7.40. The smallest absolute Gasteiger partial charge is 0.346 e. The summed E-state index contributed by atoms with van der Waals surface area (Å²) in [5, 5.41) is 0. The van der Waals surface area contributed by atoms with Gasteiger partial charge in [0, 0.05) is 0 Å². The van der Waals surface area contributed by atoms with E-state index < -0.39 is 6.10 Å². The second-order valence-corrected chi connectivity index (χ2v) is 7.43. The van der Waals surface area contributed by atoms with Gasteiger partial charge in [-0.3, -0.25) is 0 Å². The maximum atomic E-state index is 11.4. The molecule has 3 nitrogen and oxygen atoms in total. The number of carbonyl (C=O) groups excluding carboxylic acids is 1. The number of hydrogen-bond donors (Lipinski definition) is 0. The largest absolute Gasteiger partial charge is 0.479 e. The van der Waals surface area contributed by atoms with Crippen LogP contribution in [0.5, 0.6) is 5.75 Å².